The van der Waals surface area contributed by atoms with Gasteiger partial charge >= 0.3 is 0 Å². The lowest BCUT2D eigenvalue weighted by Crippen LogP contribution is -2.14. The number of aromatic nitrogens is 2. The Morgan fingerprint density at radius 3 is 2.52 bits per heavy atom. The summed E-state index contributed by atoms with van der Waals surface area (Å²) in [6, 6.07) is 22.0. The SMILES string of the molecule is NC(=O)c1c(-c2ccc(Oc3ccccc3)cc2)nn2c1Nc1cc(O)ccc1CC2. The van der Waals surface area contributed by atoms with Crippen LogP contribution in [0.4, 0.5) is 11.5 Å². The van der Waals surface area contributed by atoms with Gasteiger partial charge < -0.3 is 20.9 Å². The number of para-hydroxylation sites is 1. The summed E-state index contributed by atoms with van der Waals surface area (Å²) in [5.41, 5.74) is 9.09. The van der Waals surface area contributed by atoms with Crippen molar-refractivity contribution in [2.75, 3.05) is 5.32 Å². The number of primary amides is 1. The van der Waals surface area contributed by atoms with Crippen molar-refractivity contribution in [1.29, 1.82) is 0 Å². The van der Waals surface area contributed by atoms with Crippen LogP contribution in [0.5, 0.6) is 17.2 Å². The van der Waals surface area contributed by atoms with E-state index < -0.39 is 5.91 Å². The number of carbonyl (C=O) groups excluding carboxylic acids is 1. The number of amides is 1. The molecule has 1 aromatic heterocycles. The summed E-state index contributed by atoms with van der Waals surface area (Å²) in [5.74, 6) is 1.52. The number of phenols is 1. The van der Waals surface area contributed by atoms with E-state index in [9.17, 15) is 9.90 Å². The molecule has 2 heterocycles. The normalized spacial score (nSPS) is 12.3. The molecular formula is C24H20N4O3. The zero-order valence-corrected chi connectivity index (χ0v) is 16.6. The lowest BCUT2D eigenvalue weighted by atomic mass is 10.1. The van der Waals surface area contributed by atoms with Crippen molar-refractivity contribution >= 4 is 17.4 Å². The van der Waals surface area contributed by atoms with Crippen LogP contribution < -0.4 is 15.8 Å². The van der Waals surface area contributed by atoms with Crippen LogP contribution in [0.25, 0.3) is 11.3 Å². The van der Waals surface area contributed by atoms with Crippen molar-refractivity contribution in [2.45, 2.75) is 13.0 Å². The largest absolute Gasteiger partial charge is 0.508 e. The molecule has 0 saturated carbocycles. The molecule has 4 N–H and O–H groups in total. The first kappa shape index (κ1) is 18.7. The number of fused-ring (bicyclic) bond motifs is 2. The molecule has 1 amide bonds. The quantitative estimate of drug-likeness (QED) is 0.460. The fourth-order valence-corrected chi connectivity index (χ4v) is 3.74. The number of carbonyl (C=O) groups is 1. The molecule has 7 nitrogen and oxygen atoms in total. The van der Waals surface area contributed by atoms with E-state index in [0.717, 1.165) is 22.6 Å². The molecule has 0 fully saturated rings. The molecule has 5 rings (SSSR count). The van der Waals surface area contributed by atoms with Crippen LogP contribution in [-0.2, 0) is 13.0 Å². The molecule has 0 aliphatic carbocycles. The topological polar surface area (TPSA) is 102 Å². The van der Waals surface area contributed by atoms with Crippen LogP contribution in [0.2, 0.25) is 0 Å². The average molecular weight is 412 g/mol. The van der Waals surface area contributed by atoms with Crippen LogP contribution in [0.1, 0.15) is 15.9 Å². The van der Waals surface area contributed by atoms with E-state index in [2.05, 4.69) is 10.4 Å². The van der Waals surface area contributed by atoms with Gasteiger partial charge in [0.1, 0.15) is 34.3 Å². The van der Waals surface area contributed by atoms with Gasteiger partial charge in [-0.1, -0.05) is 24.3 Å². The number of ether oxygens (including phenoxy) is 1. The molecule has 154 valence electrons. The highest BCUT2D eigenvalue weighted by Gasteiger charge is 2.26. The Morgan fingerprint density at radius 2 is 1.77 bits per heavy atom. The smallest absolute Gasteiger partial charge is 0.254 e. The Balaban J connectivity index is 1.51. The number of nitrogens with one attached hydrogen (secondary N) is 1. The first-order chi connectivity index (χ1) is 15.1. The second-order valence-corrected chi connectivity index (χ2v) is 7.32. The van der Waals surface area contributed by atoms with Gasteiger partial charge in [0.15, 0.2) is 0 Å². The maximum atomic E-state index is 12.4. The van der Waals surface area contributed by atoms with Crippen molar-refractivity contribution in [1.82, 2.24) is 9.78 Å². The van der Waals surface area contributed by atoms with Crippen LogP contribution in [0.3, 0.4) is 0 Å². The van der Waals surface area contributed by atoms with E-state index in [1.54, 1.807) is 16.8 Å². The van der Waals surface area contributed by atoms with E-state index in [-0.39, 0.29) is 5.75 Å². The molecule has 1 aliphatic heterocycles. The molecule has 0 unspecified atom stereocenters. The number of nitrogens with zero attached hydrogens (tertiary/aromatic N) is 2. The molecule has 1 aliphatic rings. The Morgan fingerprint density at radius 1 is 1.03 bits per heavy atom. The first-order valence-corrected chi connectivity index (χ1v) is 9.91. The molecule has 3 aromatic carbocycles. The standard InChI is InChI=1S/C24H20N4O3/c25-23(30)21-22(16-7-10-19(11-8-16)31-18-4-2-1-3-5-18)27-28-13-12-15-6-9-17(29)14-20(15)26-24(21)28/h1-11,14,26,29H,12-13H2,(H2,25,30). The summed E-state index contributed by atoms with van der Waals surface area (Å²) in [5, 5.41) is 17.8. The number of hydrogen-bond acceptors (Lipinski definition) is 5. The highest BCUT2D eigenvalue weighted by Crippen LogP contribution is 2.36. The number of anilines is 2. The van der Waals surface area contributed by atoms with Gasteiger partial charge in [0.2, 0.25) is 0 Å². The maximum Gasteiger partial charge on any atom is 0.254 e. The minimum Gasteiger partial charge on any atom is -0.508 e. The first-order valence-electron chi connectivity index (χ1n) is 9.91. The minimum atomic E-state index is -0.572. The summed E-state index contributed by atoms with van der Waals surface area (Å²) >= 11 is 0. The van der Waals surface area contributed by atoms with Crippen molar-refractivity contribution in [3.63, 3.8) is 0 Å². The summed E-state index contributed by atoms with van der Waals surface area (Å²) < 4.78 is 7.59. The van der Waals surface area contributed by atoms with E-state index in [1.807, 2.05) is 60.7 Å². The van der Waals surface area contributed by atoms with E-state index >= 15 is 0 Å². The van der Waals surface area contributed by atoms with Gasteiger partial charge in [0.25, 0.3) is 5.91 Å². The van der Waals surface area contributed by atoms with Gasteiger partial charge in [-0.15, -0.1) is 0 Å². The third kappa shape index (κ3) is 3.57. The van der Waals surface area contributed by atoms with Gasteiger partial charge in [-0.05, 0) is 54.4 Å². The molecule has 0 saturated heterocycles. The number of hydrogen-bond donors (Lipinski definition) is 3. The lowest BCUT2D eigenvalue weighted by Gasteiger charge is -2.09. The predicted molar refractivity (Wildman–Crippen MR) is 118 cm³/mol. The summed E-state index contributed by atoms with van der Waals surface area (Å²) in [4.78, 5) is 12.4. The zero-order valence-electron chi connectivity index (χ0n) is 16.6. The van der Waals surface area contributed by atoms with Crippen LogP contribution >= 0.6 is 0 Å². The third-order valence-corrected chi connectivity index (χ3v) is 5.24. The van der Waals surface area contributed by atoms with Crippen molar-refractivity contribution < 1.29 is 14.6 Å². The second kappa shape index (κ2) is 7.53. The van der Waals surface area contributed by atoms with Crippen molar-refractivity contribution in [3.05, 3.63) is 83.9 Å². The molecule has 31 heavy (non-hydrogen) atoms. The number of nitrogens with two attached hydrogens (primary N) is 1. The zero-order chi connectivity index (χ0) is 21.4. The minimum absolute atomic E-state index is 0.147. The number of rotatable bonds is 4. The highest BCUT2D eigenvalue weighted by atomic mass is 16.5. The Labute approximate surface area is 178 Å². The van der Waals surface area contributed by atoms with Crippen molar-refractivity contribution in [3.8, 4) is 28.5 Å². The number of benzene rings is 3. The molecule has 0 radical (unpaired) electrons. The van der Waals surface area contributed by atoms with E-state index in [4.69, 9.17) is 10.5 Å². The van der Waals surface area contributed by atoms with Gasteiger partial charge in [-0.25, -0.2) is 4.68 Å². The van der Waals surface area contributed by atoms with E-state index in [1.165, 1.54) is 0 Å². The van der Waals surface area contributed by atoms with Crippen LogP contribution in [0, 0.1) is 0 Å². The molecule has 4 aromatic rings. The Bertz CT molecular complexity index is 1260. The highest BCUT2D eigenvalue weighted by molar-refractivity contribution is 6.04. The molecule has 7 heteroatoms. The van der Waals surface area contributed by atoms with Crippen molar-refractivity contribution in [2.24, 2.45) is 5.73 Å². The molecular weight excluding hydrogens is 392 g/mol. The summed E-state index contributed by atoms with van der Waals surface area (Å²) in [7, 11) is 0. The fourth-order valence-electron chi connectivity index (χ4n) is 3.74. The molecule has 0 bridgehead atoms. The van der Waals surface area contributed by atoms with Gasteiger partial charge in [-0.3, -0.25) is 4.79 Å². The third-order valence-electron chi connectivity index (χ3n) is 5.24. The second-order valence-electron chi connectivity index (χ2n) is 7.32. The predicted octanol–water partition coefficient (Wildman–Crippen LogP) is 4.45. The van der Waals surface area contributed by atoms with E-state index in [0.29, 0.717) is 35.8 Å². The van der Waals surface area contributed by atoms with Gasteiger partial charge in [0, 0.05) is 23.9 Å². The monoisotopic (exact) mass is 412 g/mol. The van der Waals surface area contributed by atoms with Crippen LogP contribution in [-0.4, -0.2) is 20.8 Å². The number of aryl methyl sites for hydroxylation is 2. The summed E-state index contributed by atoms with van der Waals surface area (Å²) in [6.07, 6.45) is 0.707. The van der Waals surface area contributed by atoms with Crippen LogP contribution in [0.15, 0.2) is 72.8 Å². The fraction of sp³-hybridized carbons (Fsp3) is 0.0833. The Hall–Kier alpha value is -4.26. The molecule has 0 spiro atoms. The van der Waals surface area contributed by atoms with Gasteiger partial charge in [-0.2, -0.15) is 5.10 Å². The number of aromatic hydroxyl groups is 1. The summed E-state index contributed by atoms with van der Waals surface area (Å²) in [6.45, 7) is 0.579. The molecule has 0 atom stereocenters. The lowest BCUT2D eigenvalue weighted by molar-refractivity contribution is 0.100. The Kier molecular flexibility index (Phi) is 4.55. The van der Waals surface area contributed by atoms with Gasteiger partial charge in [0.05, 0.1) is 0 Å². The maximum absolute atomic E-state index is 12.4. The average Bonchev–Trinajstić information content (AvgIpc) is 3.03. The number of phenolic OH excluding ortho intramolecular Hbond substituents is 1.